The van der Waals surface area contributed by atoms with E-state index in [1.165, 1.54) is 19.5 Å². The molecule has 0 amide bonds. The molecule has 0 aliphatic carbocycles. The van der Waals surface area contributed by atoms with E-state index in [1.54, 1.807) is 30.3 Å². The molecule has 8 nitrogen and oxygen atoms in total. The minimum atomic E-state index is -0.792. The van der Waals surface area contributed by atoms with E-state index >= 15 is 0 Å². The minimum absolute atomic E-state index is 0.0543. The Morgan fingerprint density at radius 2 is 1.92 bits per heavy atom. The van der Waals surface area contributed by atoms with Crippen LogP contribution in [0.15, 0.2) is 47.3 Å². The summed E-state index contributed by atoms with van der Waals surface area (Å²) >= 11 is 0. The van der Waals surface area contributed by atoms with Gasteiger partial charge in [0.05, 0.1) is 6.26 Å². The topological polar surface area (TPSA) is 115 Å². The van der Waals surface area contributed by atoms with Crippen LogP contribution < -0.4 is 4.74 Å². The highest BCUT2D eigenvalue weighted by Gasteiger charge is 2.22. The number of aromatic nitrogens is 3. The molecule has 1 aromatic carbocycles. The van der Waals surface area contributed by atoms with Gasteiger partial charge in [-0.15, -0.1) is 5.10 Å². The van der Waals surface area contributed by atoms with E-state index in [-0.39, 0.29) is 24.0 Å². The number of Topliss-reactive ketones (excluding diaryl/α,β-unsaturated/α-hetero) is 3. The van der Waals surface area contributed by atoms with Gasteiger partial charge in [0, 0.05) is 17.5 Å². The molecule has 0 aliphatic rings. The zero-order valence-corrected chi connectivity index (χ0v) is 13.2. The maximum absolute atomic E-state index is 12.1. The van der Waals surface area contributed by atoms with Gasteiger partial charge in [-0.25, -0.2) is 4.98 Å². The van der Waals surface area contributed by atoms with Crippen molar-refractivity contribution in [3.05, 3.63) is 59.9 Å². The summed E-state index contributed by atoms with van der Waals surface area (Å²) < 4.78 is 10.8. The fourth-order valence-electron chi connectivity index (χ4n) is 2.10. The third kappa shape index (κ3) is 3.69. The first-order valence-corrected chi connectivity index (χ1v) is 7.33. The van der Waals surface area contributed by atoms with Crippen LogP contribution >= 0.6 is 0 Å². The standard InChI is InChI=1S/C17H13N3O5/c1-10(21)11-2-4-13(5-3-11)25-17-12(6-7-24-17)8-14(22)15(23)16-18-9-19-20-16/h2-7,9H,8H2,1H3,(H,18,19,20). The Bertz CT molecular complexity index is 910. The molecule has 2 heterocycles. The summed E-state index contributed by atoms with van der Waals surface area (Å²) in [6, 6.07) is 8.02. The number of hydrogen-bond donors (Lipinski definition) is 1. The molecule has 0 aliphatic heterocycles. The highest BCUT2D eigenvalue weighted by molar-refractivity contribution is 6.43. The van der Waals surface area contributed by atoms with E-state index in [4.69, 9.17) is 9.15 Å². The second-order valence-electron chi connectivity index (χ2n) is 5.17. The Morgan fingerprint density at radius 1 is 1.16 bits per heavy atom. The number of nitrogens with one attached hydrogen (secondary N) is 1. The third-order valence-corrected chi connectivity index (χ3v) is 3.40. The number of nitrogens with zero attached hydrogens (tertiary/aromatic N) is 2. The molecule has 0 saturated carbocycles. The van der Waals surface area contributed by atoms with E-state index in [1.807, 2.05) is 0 Å². The summed E-state index contributed by atoms with van der Waals surface area (Å²) in [6.45, 7) is 1.47. The Kier molecular flexibility index (Phi) is 4.51. The van der Waals surface area contributed by atoms with Crippen LogP contribution in [0.1, 0.15) is 33.5 Å². The van der Waals surface area contributed by atoms with Crippen molar-refractivity contribution in [2.24, 2.45) is 0 Å². The number of benzene rings is 1. The average molecular weight is 339 g/mol. The van der Waals surface area contributed by atoms with Crippen LogP contribution in [-0.4, -0.2) is 32.5 Å². The van der Waals surface area contributed by atoms with E-state index in [2.05, 4.69) is 15.2 Å². The molecule has 2 aromatic heterocycles. The van der Waals surface area contributed by atoms with Gasteiger partial charge in [0.25, 0.3) is 11.7 Å². The molecule has 0 unspecified atom stereocenters. The van der Waals surface area contributed by atoms with Crippen molar-refractivity contribution in [3.8, 4) is 11.7 Å². The molecular weight excluding hydrogens is 326 g/mol. The highest BCUT2D eigenvalue weighted by atomic mass is 16.6. The molecule has 0 saturated heterocycles. The zero-order chi connectivity index (χ0) is 17.8. The molecule has 0 fully saturated rings. The van der Waals surface area contributed by atoms with E-state index in [9.17, 15) is 14.4 Å². The van der Waals surface area contributed by atoms with Gasteiger partial charge < -0.3 is 9.15 Å². The minimum Gasteiger partial charge on any atom is -0.434 e. The fraction of sp³-hybridized carbons (Fsp3) is 0.118. The van der Waals surface area contributed by atoms with Crippen LogP contribution in [0.3, 0.4) is 0 Å². The van der Waals surface area contributed by atoms with Gasteiger partial charge in [0.2, 0.25) is 11.6 Å². The van der Waals surface area contributed by atoms with Gasteiger partial charge in [0.15, 0.2) is 5.78 Å². The largest absolute Gasteiger partial charge is 0.434 e. The van der Waals surface area contributed by atoms with Crippen molar-refractivity contribution >= 4 is 17.3 Å². The molecule has 8 heteroatoms. The maximum atomic E-state index is 12.1. The normalized spacial score (nSPS) is 10.4. The number of H-pyrrole nitrogens is 1. The first-order chi connectivity index (χ1) is 12.0. The van der Waals surface area contributed by atoms with Gasteiger partial charge >= 0.3 is 0 Å². The lowest BCUT2D eigenvalue weighted by Crippen LogP contribution is -2.18. The molecule has 0 atom stereocenters. The average Bonchev–Trinajstić information content (AvgIpc) is 3.27. The van der Waals surface area contributed by atoms with E-state index in [0.717, 1.165) is 0 Å². The lowest BCUT2D eigenvalue weighted by atomic mass is 10.1. The molecule has 25 heavy (non-hydrogen) atoms. The number of rotatable bonds is 7. The predicted octanol–water partition coefficient (Wildman–Crippen LogP) is 2.39. The Balaban J connectivity index is 1.71. The summed E-state index contributed by atoms with van der Waals surface area (Å²) in [7, 11) is 0. The highest BCUT2D eigenvalue weighted by Crippen LogP contribution is 2.27. The van der Waals surface area contributed by atoms with Crippen LogP contribution in [0.2, 0.25) is 0 Å². The quantitative estimate of drug-likeness (QED) is 0.519. The molecule has 0 bridgehead atoms. The Labute approximate surface area is 141 Å². The van der Waals surface area contributed by atoms with Crippen molar-refractivity contribution in [2.45, 2.75) is 13.3 Å². The number of carbonyl (C=O) groups is 3. The molecule has 0 spiro atoms. The maximum Gasteiger partial charge on any atom is 0.293 e. The van der Waals surface area contributed by atoms with Crippen LogP contribution in [0.5, 0.6) is 11.7 Å². The lowest BCUT2D eigenvalue weighted by Gasteiger charge is -2.05. The fourth-order valence-corrected chi connectivity index (χ4v) is 2.10. The first kappa shape index (κ1) is 16.3. The van der Waals surface area contributed by atoms with Crippen LogP contribution in [0.4, 0.5) is 0 Å². The SMILES string of the molecule is CC(=O)c1ccc(Oc2occc2CC(=O)C(=O)c2nc[nH]n2)cc1. The van der Waals surface area contributed by atoms with Crippen molar-refractivity contribution < 1.29 is 23.5 Å². The summed E-state index contributed by atoms with van der Waals surface area (Å²) in [4.78, 5) is 38.9. The van der Waals surface area contributed by atoms with Crippen LogP contribution in [0, 0.1) is 0 Å². The number of ether oxygens (including phenoxy) is 1. The van der Waals surface area contributed by atoms with Crippen molar-refractivity contribution in [1.29, 1.82) is 0 Å². The van der Waals surface area contributed by atoms with Crippen LogP contribution in [0.25, 0.3) is 0 Å². The predicted molar refractivity (Wildman–Crippen MR) is 84.7 cm³/mol. The zero-order valence-electron chi connectivity index (χ0n) is 13.2. The smallest absolute Gasteiger partial charge is 0.293 e. The molecule has 3 aromatic rings. The van der Waals surface area contributed by atoms with E-state index in [0.29, 0.717) is 16.9 Å². The molecule has 1 N–H and O–H groups in total. The number of aromatic amines is 1. The molecule has 3 rings (SSSR count). The summed E-state index contributed by atoms with van der Waals surface area (Å²) in [5.74, 6) is -1.17. The van der Waals surface area contributed by atoms with Gasteiger partial charge in [-0.1, -0.05) is 0 Å². The molecule has 126 valence electrons. The number of ketones is 3. The Hall–Kier alpha value is -3.55. The van der Waals surface area contributed by atoms with Gasteiger partial charge in [-0.3, -0.25) is 19.5 Å². The van der Waals surface area contributed by atoms with Crippen molar-refractivity contribution in [3.63, 3.8) is 0 Å². The summed E-state index contributed by atoms with van der Waals surface area (Å²) in [5, 5.41) is 5.97. The number of furan rings is 1. The number of carbonyl (C=O) groups excluding carboxylic acids is 3. The number of hydrogen-bond acceptors (Lipinski definition) is 7. The second kappa shape index (κ2) is 6.91. The van der Waals surface area contributed by atoms with Crippen molar-refractivity contribution in [2.75, 3.05) is 0 Å². The van der Waals surface area contributed by atoms with E-state index < -0.39 is 11.6 Å². The first-order valence-electron chi connectivity index (χ1n) is 7.33. The summed E-state index contributed by atoms with van der Waals surface area (Å²) in [6.07, 6.45) is 2.38. The summed E-state index contributed by atoms with van der Waals surface area (Å²) in [5.41, 5.74) is 0.976. The van der Waals surface area contributed by atoms with Crippen molar-refractivity contribution in [1.82, 2.24) is 15.2 Å². The van der Waals surface area contributed by atoms with Gasteiger partial charge in [0.1, 0.15) is 12.1 Å². The monoisotopic (exact) mass is 339 g/mol. The molecular formula is C17H13N3O5. The third-order valence-electron chi connectivity index (χ3n) is 3.40. The second-order valence-corrected chi connectivity index (χ2v) is 5.17. The van der Waals surface area contributed by atoms with Gasteiger partial charge in [-0.05, 0) is 37.3 Å². The lowest BCUT2D eigenvalue weighted by molar-refractivity contribution is -0.114. The van der Waals surface area contributed by atoms with Gasteiger partial charge in [-0.2, -0.15) is 0 Å². The Morgan fingerprint density at radius 3 is 2.56 bits per heavy atom. The van der Waals surface area contributed by atoms with Crippen LogP contribution in [-0.2, 0) is 11.2 Å². The molecule has 0 radical (unpaired) electrons.